The number of ether oxygens (including phenoxy) is 2. The molecule has 0 aliphatic heterocycles. The zero-order valence-corrected chi connectivity index (χ0v) is 15.5. The van der Waals surface area contributed by atoms with Gasteiger partial charge >= 0.3 is 11.9 Å². The molecule has 0 saturated carbocycles. The quantitative estimate of drug-likeness (QED) is 0.460. The first-order valence-corrected chi connectivity index (χ1v) is 8.30. The van der Waals surface area contributed by atoms with Crippen LogP contribution < -0.4 is 0 Å². The molecule has 2 heterocycles. The molecule has 0 saturated heterocycles. The van der Waals surface area contributed by atoms with E-state index in [4.69, 9.17) is 21.1 Å². The van der Waals surface area contributed by atoms with Gasteiger partial charge in [-0.05, 0) is 52.0 Å². The van der Waals surface area contributed by atoms with Crippen LogP contribution in [-0.4, -0.2) is 33.7 Å². The largest absolute Gasteiger partial charge is 0.463 e. The molecule has 0 unspecified atom stereocenters. The lowest BCUT2D eigenvalue weighted by atomic mass is 10.2. The molecule has 134 valence electrons. The topological polar surface area (TPSA) is 70.4 Å². The summed E-state index contributed by atoms with van der Waals surface area (Å²) in [7, 11) is 0. The number of esters is 2. The van der Waals surface area contributed by atoms with Crippen molar-refractivity contribution in [2.45, 2.75) is 39.8 Å². The molecule has 0 radical (unpaired) electrons. The van der Waals surface area contributed by atoms with E-state index >= 15 is 0 Å². The summed E-state index contributed by atoms with van der Waals surface area (Å²) in [6.07, 6.45) is 2.89. The maximum atomic E-state index is 12.2. The molecule has 0 bridgehead atoms. The fourth-order valence-corrected chi connectivity index (χ4v) is 2.42. The van der Waals surface area contributed by atoms with Crippen LogP contribution in [0.5, 0.6) is 0 Å². The molecule has 6 nitrogen and oxygen atoms in total. The lowest BCUT2D eigenvalue weighted by molar-refractivity contribution is -0.155. The van der Waals surface area contributed by atoms with Gasteiger partial charge in [-0.25, -0.2) is 9.78 Å². The Bertz CT molecular complexity index is 818. The molecule has 0 aliphatic rings. The number of aromatic nitrogens is 2. The van der Waals surface area contributed by atoms with Crippen LogP contribution in [0, 0.1) is 0 Å². The SMILES string of the molecule is CCOC(=O)/C=C/c1cc2ccc(Cl)nc2n1CC(=O)OC(C)(C)C. The summed E-state index contributed by atoms with van der Waals surface area (Å²) in [5, 5.41) is 1.12. The Morgan fingerprint density at radius 2 is 2.04 bits per heavy atom. The van der Waals surface area contributed by atoms with Crippen LogP contribution in [-0.2, 0) is 25.6 Å². The van der Waals surface area contributed by atoms with Crippen LogP contribution in [0.15, 0.2) is 24.3 Å². The van der Waals surface area contributed by atoms with Crippen molar-refractivity contribution in [1.82, 2.24) is 9.55 Å². The van der Waals surface area contributed by atoms with Crippen LogP contribution in [0.25, 0.3) is 17.1 Å². The van der Waals surface area contributed by atoms with Crippen molar-refractivity contribution in [2.75, 3.05) is 6.61 Å². The summed E-state index contributed by atoms with van der Waals surface area (Å²) in [6.45, 7) is 7.38. The first-order valence-electron chi connectivity index (χ1n) is 7.92. The van der Waals surface area contributed by atoms with Crippen molar-refractivity contribution < 1.29 is 19.1 Å². The number of fused-ring (bicyclic) bond motifs is 1. The summed E-state index contributed by atoms with van der Waals surface area (Å²) >= 11 is 5.98. The lowest BCUT2D eigenvalue weighted by Crippen LogP contribution is -2.26. The van der Waals surface area contributed by atoms with Crippen molar-refractivity contribution in [3.63, 3.8) is 0 Å². The highest BCUT2D eigenvalue weighted by molar-refractivity contribution is 6.29. The standard InChI is InChI=1S/C18H21ClN2O4/c1-5-24-15(22)9-7-13-10-12-6-8-14(19)20-17(12)21(13)11-16(23)25-18(2,3)4/h6-10H,5,11H2,1-4H3/b9-7+. The van der Waals surface area contributed by atoms with Crippen molar-refractivity contribution in [2.24, 2.45) is 0 Å². The Labute approximate surface area is 151 Å². The van der Waals surface area contributed by atoms with Crippen LogP contribution in [0.2, 0.25) is 5.15 Å². The lowest BCUT2D eigenvalue weighted by Gasteiger charge is -2.20. The predicted molar refractivity (Wildman–Crippen MR) is 96.3 cm³/mol. The van der Waals surface area contributed by atoms with Gasteiger partial charge < -0.3 is 14.0 Å². The van der Waals surface area contributed by atoms with E-state index in [-0.39, 0.29) is 6.54 Å². The molecule has 0 atom stereocenters. The normalized spacial score (nSPS) is 11.9. The molecule has 25 heavy (non-hydrogen) atoms. The van der Waals surface area contributed by atoms with Crippen LogP contribution in [0.4, 0.5) is 0 Å². The number of halogens is 1. The highest BCUT2D eigenvalue weighted by Gasteiger charge is 2.19. The third kappa shape index (κ3) is 5.32. The van der Waals surface area contributed by atoms with E-state index in [2.05, 4.69) is 4.98 Å². The number of pyridine rings is 1. The van der Waals surface area contributed by atoms with E-state index in [1.54, 1.807) is 50.5 Å². The van der Waals surface area contributed by atoms with Gasteiger partial charge in [-0.3, -0.25) is 4.79 Å². The average Bonchev–Trinajstić information content (AvgIpc) is 2.81. The van der Waals surface area contributed by atoms with Gasteiger partial charge in [0.2, 0.25) is 0 Å². The number of hydrogen-bond donors (Lipinski definition) is 0. The van der Waals surface area contributed by atoms with Gasteiger partial charge in [0.1, 0.15) is 22.9 Å². The Hall–Kier alpha value is -2.34. The smallest absolute Gasteiger partial charge is 0.330 e. The Kier molecular flexibility index (Phi) is 5.85. The first-order chi connectivity index (χ1) is 11.7. The highest BCUT2D eigenvalue weighted by atomic mass is 35.5. The molecular weight excluding hydrogens is 344 g/mol. The van der Waals surface area contributed by atoms with Gasteiger partial charge in [0, 0.05) is 17.2 Å². The predicted octanol–water partition coefficient (Wildman–Crippen LogP) is 3.61. The third-order valence-electron chi connectivity index (χ3n) is 3.13. The number of hydrogen-bond acceptors (Lipinski definition) is 5. The fourth-order valence-electron chi connectivity index (χ4n) is 2.28. The van der Waals surface area contributed by atoms with Gasteiger partial charge in [0.05, 0.1) is 6.61 Å². The second-order valence-electron chi connectivity index (χ2n) is 6.37. The Balaban J connectivity index is 2.39. The minimum absolute atomic E-state index is 0.0450. The van der Waals surface area contributed by atoms with Gasteiger partial charge in [-0.1, -0.05) is 11.6 Å². The first kappa shape index (κ1) is 19.0. The van der Waals surface area contributed by atoms with Crippen molar-refractivity contribution in [3.8, 4) is 0 Å². The Morgan fingerprint density at radius 1 is 1.32 bits per heavy atom. The fraction of sp³-hybridized carbons (Fsp3) is 0.389. The van der Waals surface area contributed by atoms with E-state index in [0.717, 1.165) is 5.39 Å². The second-order valence-corrected chi connectivity index (χ2v) is 6.76. The number of carbonyl (C=O) groups excluding carboxylic acids is 2. The molecule has 0 aromatic carbocycles. The van der Waals surface area contributed by atoms with Gasteiger partial charge in [0.15, 0.2) is 0 Å². The molecule has 0 N–H and O–H groups in total. The summed E-state index contributed by atoms with van der Waals surface area (Å²) in [4.78, 5) is 28.1. The van der Waals surface area contributed by atoms with Gasteiger partial charge in [-0.15, -0.1) is 0 Å². The monoisotopic (exact) mass is 364 g/mol. The maximum Gasteiger partial charge on any atom is 0.330 e. The van der Waals surface area contributed by atoms with E-state index in [0.29, 0.717) is 23.1 Å². The summed E-state index contributed by atoms with van der Waals surface area (Å²) in [5.74, 6) is -0.861. The molecule has 2 aromatic heterocycles. The molecule has 2 aromatic rings. The zero-order chi connectivity index (χ0) is 18.6. The highest BCUT2D eigenvalue weighted by Crippen LogP contribution is 2.22. The van der Waals surface area contributed by atoms with E-state index in [9.17, 15) is 9.59 Å². The molecule has 0 amide bonds. The summed E-state index contributed by atoms with van der Waals surface area (Å²) < 4.78 is 11.9. The third-order valence-corrected chi connectivity index (χ3v) is 3.34. The summed E-state index contributed by atoms with van der Waals surface area (Å²) in [6, 6.07) is 5.29. The van der Waals surface area contributed by atoms with Gasteiger partial charge in [0.25, 0.3) is 0 Å². The van der Waals surface area contributed by atoms with Crippen LogP contribution >= 0.6 is 11.6 Å². The molecule has 0 spiro atoms. The van der Waals surface area contributed by atoms with E-state index in [1.165, 1.54) is 6.08 Å². The number of carbonyl (C=O) groups is 2. The van der Waals surface area contributed by atoms with E-state index < -0.39 is 17.5 Å². The number of rotatable bonds is 5. The van der Waals surface area contributed by atoms with Crippen molar-refractivity contribution >= 4 is 40.6 Å². The number of nitrogens with zero attached hydrogens (tertiary/aromatic N) is 2. The zero-order valence-electron chi connectivity index (χ0n) is 14.7. The summed E-state index contributed by atoms with van der Waals surface area (Å²) in [5.41, 5.74) is 0.581. The molecule has 2 rings (SSSR count). The molecule has 0 fully saturated rings. The molecule has 7 heteroatoms. The van der Waals surface area contributed by atoms with Gasteiger partial charge in [-0.2, -0.15) is 0 Å². The average molecular weight is 365 g/mol. The minimum atomic E-state index is -0.591. The van der Waals surface area contributed by atoms with Crippen molar-refractivity contribution in [1.29, 1.82) is 0 Å². The maximum absolute atomic E-state index is 12.2. The van der Waals surface area contributed by atoms with Crippen LogP contribution in [0.3, 0.4) is 0 Å². The Morgan fingerprint density at radius 3 is 2.68 bits per heavy atom. The van der Waals surface area contributed by atoms with Crippen LogP contribution in [0.1, 0.15) is 33.4 Å². The molecular formula is C18H21ClN2O4. The van der Waals surface area contributed by atoms with Crippen molar-refractivity contribution in [3.05, 3.63) is 35.1 Å². The molecule has 0 aliphatic carbocycles. The minimum Gasteiger partial charge on any atom is -0.463 e. The second kappa shape index (κ2) is 7.70. The van der Waals surface area contributed by atoms with E-state index in [1.807, 2.05) is 6.07 Å².